The fourth-order valence-corrected chi connectivity index (χ4v) is 3.15. The molecule has 0 aromatic carbocycles. The number of allylic oxidation sites excluding steroid dienone is 4. The van der Waals surface area contributed by atoms with Crippen LogP contribution in [0.2, 0.25) is 0 Å². The van der Waals surface area contributed by atoms with Crippen LogP contribution < -0.4 is 0 Å². The van der Waals surface area contributed by atoms with Crippen molar-refractivity contribution in [1.82, 2.24) is 0 Å². The van der Waals surface area contributed by atoms with Crippen molar-refractivity contribution in [2.24, 2.45) is 5.41 Å². The minimum absolute atomic E-state index is 0.319. The molecule has 0 nitrogen and oxygen atoms in total. The molecule has 0 fully saturated rings. The van der Waals surface area contributed by atoms with Crippen molar-refractivity contribution >= 4 is 22.6 Å². The standard InChI is InChI=1S/C15H25I/c1-6-12(2)9-11-15(16)13(3)8-7-10-14(15,4)5/h8-9H,6-7,10-11H2,1-5H3/b12-9-/t15-/m0/s1. The van der Waals surface area contributed by atoms with Gasteiger partial charge in [-0.2, -0.15) is 0 Å². The summed E-state index contributed by atoms with van der Waals surface area (Å²) in [6.45, 7) is 11.6. The van der Waals surface area contributed by atoms with Crippen LogP contribution in [0, 0.1) is 5.41 Å². The van der Waals surface area contributed by atoms with Crippen molar-refractivity contribution in [2.75, 3.05) is 0 Å². The molecule has 0 radical (unpaired) electrons. The lowest BCUT2D eigenvalue weighted by atomic mass is 9.67. The van der Waals surface area contributed by atoms with Crippen molar-refractivity contribution in [3.63, 3.8) is 0 Å². The van der Waals surface area contributed by atoms with E-state index in [2.05, 4.69) is 69.4 Å². The quantitative estimate of drug-likeness (QED) is 0.355. The van der Waals surface area contributed by atoms with Crippen LogP contribution in [0.15, 0.2) is 23.3 Å². The Morgan fingerprint density at radius 3 is 2.62 bits per heavy atom. The summed E-state index contributed by atoms with van der Waals surface area (Å²) in [5.74, 6) is 0. The van der Waals surface area contributed by atoms with E-state index in [4.69, 9.17) is 0 Å². The van der Waals surface area contributed by atoms with E-state index < -0.39 is 0 Å². The minimum atomic E-state index is 0.319. The fraction of sp³-hybridized carbons (Fsp3) is 0.733. The minimum Gasteiger partial charge on any atom is -0.0842 e. The fourth-order valence-electron chi connectivity index (χ4n) is 2.44. The third kappa shape index (κ3) is 2.72. The number of alkyl halides is 1. The average molecular weight is 332 g/mol. The number of halogens is 1. The van der Waals surface area contributed by atoms with Crippen molar-refractivity contribution in [3.05, 3.63) is 23.3 Å². The van der Waals surface area contributed by atoms with Crippen LogP contribution in [-0.4, -0.2) is 3.42 Å². The zero-order valence-electron chi connectivity index (χ0n) is 11.4. The Labute approximate surface area is 115 Å². The van der Waals surface area contributed by atoms with Crippen molar-refractivity contribution in [2.45, 2.75) is 63.7 Å². The molecule has 0 heterocycles. The van der Waals surface area contributed by atoms with Gasteiger partial charge in [-0.3, -0.25) is 0 Å². The van der Waals surface area contributed by atoms with E-state index in [1.54, 1.807) is 5.57 Å². The summed E-state index contributed by atoms with van der Waals surface area (Å²) < 4.78 is 0.319. The molecule has 1 atom stereocenters. The first-order valence-corrected chi connectivity index (χ1v) is 7.43. The van der Waals surface area contributed by atoms with E-state index in [9.17, 15) is 0 Å². The summed E-state index contributed by atoms with van der Waals surface area (Å²) in [5.41, 5.74) is 3.51. The topological polar surface area (TPSA) is 0 Å². The Kier molecular flexibility index (Phi) is 4.67. The maximum Gasteiger partial charge on any atom is 0.0512 e. The van der Waals surface area contributed by atoms with E-state index in [1.165, 1.54) is 31.3 Å². The van der Waals surface area contributed by atoms with E-state index in [-0.39, 0.29) is 0 Å². The first-order valence-electron chi connectivity index (χ1n) is 6.35. The molecule has 0 saturated heterocycles. The molecule has 16 heavy (non-hydrogen) atoms. The molecule has 0 bridgehead atoms. The number of rotatable bonds is 3. The van der Waals surface area contributed by atoms with Crippen LogP contribution in [-0.2, 0) is 0 Å². The van der Waals surface area contributed by atoms with Gasteiger partial charge in [0.15, 0.2) is 0 Å². The molecule has 0 aromatic heterocycles. The Morgan fingerprint density at radius 1 is 1.50 bits per heavy atom. The normalized spacial score (nSPS) is 30.1. The second-order valence-corrected chi connectivity index (χ2v) is 7.56. The maximum absolute atomic E-state index is 2.70. The molecule has 0 amide bonds. The van der Waals surface area contributed by atoms with Crippen LogP contribution in [0.5, 0.6) is 0 Å². The second-order valence-electron chi connectivity index (χ2n) is 5.72. The van der Waals surface area contributed by atoms with Gasteiger partial charge in [0.05, 0.1) is 3.42 Å². The SMILES string of the molecule is CC/C(C)=C\C[C@]1(I)C(C)=CCCC1(C)C. The maximum atomic E-state index is 2.70. The van der Waals surface area contributed by atoms with Crippen molar-refractivity contribution < 1.29 is 0 Å². The molecule has 0 N–H and O–H groups in total. The summed E-state index contributed by atoms with van der Waals surface area (Å²) in [6.07, 6.45) is 9.80. The molecular formula is C15H25I. The summed E-state index contributed by atoms with van der Waals surface area (Å²) in [4.78, 5) is 0. The van der Waals surface area contributed by atoms with E-state index >= 15 is 0 Å². The lowest BCUT2D eigenvalue weighted by molar-refractivity contribution is 0.261. The Balaban J connectivity index is 2.95. The molecule has 0 saturated carbocycles. The summed E-state index contributed by atoms with van der Waals surface area (Å²) >= 11 is 2.70. The van der Waals surface area contributed by atoms with Crippen LogP contribution in [0.4, 0.5) is 0 Å². The van der Waals surface area contributed by atoms with Gasteiger partial charge in [-0.15, -0.1) is 0 Å². The highest BCUT2D eigenvalue weighted by molar-refractivity contribution is 14.1. The van der Waals surface area contributed by atoms with E-state index in [1.807, 2.05) is 0 Å². The molecule has 0 unspecified atom stereocenters. The summed E-state index contributed by atoms with van der Waals surface area (Å²) in [5, 5.41) is 0. The Bertz CT molecular complexity index is 309. The molecule has 0 spiro atoms. The Morgan fingerprint density at radius 2 is 2.12 bits per heavy atom. The zero-order chi connectivity index (χ0) is 12.4. The number of hydrogen-bond acceptors (Lipinski definition) is 0. The lowest BCUT2D eigenvalue weighted by Gasteiger charge is -2.46. The van der Waals surface area contributed by atoms with Crippen LogP contribution in [0.25, 0.3) is 0 Å². The lowest BCUT2D eigenvalue weighted by Crippen LogP contribution is -2.41. The van der Waals surface area contributed by atoms with Crippen molar-refractivity contribution in [3.8, 4) is 0 Å². The van der Waals surface area contributed by atoms with Gasteiger partial charge in [0.2, 0.25) is 0 Å². The van der Waals surface area contributed by atoms with Gasteiger partial charge in [-0.1, -0.05) is 66.7 Å². The van der Waals surface area contributed by atoms with Crippen LogP contribution in [0.3, 0.4) is 0 Å². The third-order valence-electron chi connectivity index (χ3n) is 4.21. The second kappa shape index (κ2) is 5.24. The average Bonchev–Trinajstić information content (AvgIpc) is 2.22. The van der Waals surface area contributed by atoms with Gasteiger partial charge in [0.1, 0.15) is 0 Å². The molecule has 1 heteroatoms. The van der Waals surface area contributed by atoms with E-state index in [0.29, 0.717) is 8.84 Å². The smallest absolute Gasteiger partial charge is 0.0512 e. The zero-order valence-corrected chi connectivity index (χ0v) is 13.5. The van der Waals surface area contributed by atoms with Gasteiger partial charge >= 0.3 is 0 Å². The van der Waals surface area contributed by atoms with Crippen LogP contribution in [0.1, 0.15) is 60.3 Å². The highest BCUT2D eigenvalue weighted by atomic mass is 127. The van der Waals surface area contributed by atoms with Crippen LogP contribution >= 0.6 is 22.6 Å². The molecule has 0 aliphatic heterocycles. The summed E-state index contributed by atoms with van der Waals surface area (Å²) in [6, 6.07) is 0. The highest BCUT2D eigenvalue weighted by Crippen LogP contribution is 2.52. The molecule has 1 rings (SSSR count). The first-order chi connectivity index (χ1) is 7.33. The van der Waals surface area contributed by atoms with E-state index in [0.717, 1.165) is 0 Å². The predicted octanol–water partition coefficient (Wildman–Crippen LogP) is 5.67. The van der Waals surface area contributed by atoms with Gasteiger partial charge in [-0.05, 0) is 44.9 Å². The monoisotopic (exact) mass is 332 g/mol. The van der Waals surface area contributed by atoms with Gasteiger partial charge in [0.25, 0.3) is 0 Å². The summed E-state index contributed by atoms with van der Waals surface area (Å²) in [7, 11) is 0. The predicted molar refractivity (Wildman–Crippen MR) is 82.2 cm³/mol. The largest absolute Gasteiger partial charge is 0.0842 e. The molecule has 1 aliphatic carbocycles. The Hall–Kier alpha value is 0.210. The molecule has 92 valence electrons. The van der Waals surface area contributed by atoms with Gasteiger partial charge in [0, 0.05) is 0 Å². The van der Waals surface area contributed by atoms with Crippen molar-refractivity contribution in [1.29, 1.82) is 0 Å². The first kappa shape index (κ1) is 14.3. The molecule has 0 aromatic rings. The molecular weight excluding hydrogens is 307 g/mol. The highest BCUT2D eigenvalue weighted by Gasteiger charge is 2.44. The number of hydrogen-bond donors (Lipinski definition) is 0. The molecule has 1 aliphatic rings. The third-order valence-corrected chi connectivity index (χ3v) is 6.96. The van der Waals surface area contributed by atoms with Gasteiger partial charge in [-0.25, -0.2) is 0 Å². The van der Waals surface area contributed by atoms with Gasteiger partial charge < -0.3 is 0 Å².